The molecule has 0 unspecified atom stereocenters. The first-order chi connectivity index (χ1) is 13.6. The van der Waals surface area contributed by atoms with Gasteiger partial charge in [0.25, 0.3) is 0 Å². The van der Waals surface area contributed by atoms with Crippen LogP contribution in [0.1, 0.15) is 40.0 Å². The van der Waals surface area contributed by atoms with Gasteiger partial charge in [-0.05, 0) is 59.2 Å². The Kier molecular flexibility index (Phi) is 8.43. The molecule has 8 heteroatoms. The summed E-state index contributed by atoms with van der Waals surface area (Å²) in [5.41, 5.74) is 7.29. The van der Waals surface area contributed by atoms with E-state index in [-0.39, 0.29) is 0 Å². The Balaban J connectivity index is 2.01. The molecule has 0 saturated carbocycles. The first-order valence-corrected chi connectivity index (χ1v) is 10.5. The molecule has 1 fully saturated rings. The Hall–Kier alpha value is -1.70. The van der Waals surface area contributed by atoms with Crippen LogP contribution in [0.3, 0.4) is 0 Å². The summed E-state index contributed by atoms with van der Waals surface area (Å²) >= 11 is 6.47. The van der Waals surface area contributed by atoms with Gasteiger partial charge in [-0.3, -0.25) is 5.32 Å². The fourth-order valence-electron chi connectivity index (χ4n) is 3.53. The first-order valence-electron chi connectivity index (χ1n) is 10.1. The second kappa shape index (κ2) is 10.4. The number of rotatable bonds is 7. The molecule has 164 valence electrons. The lowest BCUT2D eigenvalue weighted by atomic mass is 10.0. The van der Waals surface area contributed by atoms with Gasteiger partial charge < -0.3 is 25.0 Å². The van der Waals surface area contributed by atoms with Crippen LogP contribution in [0.15, 0.2) is 12.1 Å². The lowest BCUT2D eigenvalue weighted by Crippen LogP contribution is -2.44. The number of carbonyl (C=O) groups is 1. The summed E-state index contributed by atoms with van der Waals surface area (Å²) in [6, 6.07) is 4.08. The van der Waals surface area contributed by atoms with Crippen molar-refractivity contribution in [2.24, 2.45) is 0 Å². The van der Waals surface area contributed by atoms with E-state index in [1.165, 1.54) is 0 Å². The molecule has 1 aromatic rings. The van der Waals surface area contributed by atoms with Gasteiger partial charge in [0.15, 0.2) is 0 Å². The summed E-state index contributed by atoms with van der Waals surface area (Å²) in [6.07, 6.45) is 2.61. The highest BCUT2D eigenvalue weighted by molar-refractivity contribution is 6.33. The van der Waals surface area contributed by atoms with Crippen LogP contribution in [-0.4, -0.2) is 63.0 Å². The number of nitrogens with one attached hydrogen (secondary N) is 1. The van der Waals surface area contributed by atoms with Crippen molar-refractivity contribution in [3.63, 3.8) is 0 Å². The van der Waals surface area contributed by atoms with Crippen molar-refractivity contribution in [3.8, 4) is 0 Å². The molecule has 1 aliphatic heterocycles. The highest BCUT2D eigenvalue weighted by Crippen LogP contribution is 2.35. The van der Waals surface area contributed by atoms with Crippen LogP contribution in [0.2, 0.25) is 5.02 Å². The maximum Gasteiger partial charge on any atom is 0.412 e. The second-order valence-corrected chi connectivity index (χ2v) is 8.97. The zero-order valence-corrected chi connectivity index (χ0v) is 19.0. The Morgan fingerprint density at radius 3 is 2.59 bits per heavy atom. The number of nitrogen functional groups attached to an aromatic ring is 1. The van der Waals surface area contributed by atoms with E-state index in [1.807, 2.05) is 26.8 Å². The van der Waals surface area contributed by atoms with E-state index >= 15 is 0 Å². The summed E-state index contributed by atoms with van der Waals surface area (Å²) in [5.74, 6) is 0. The van der Waals surface area contributed by atoms with Gasteiger partial charge >= 0.3 is 6.09 Å². The fourth-order valence-corrected chi connectivity index (χ4v) is 3.82. The number of hydrogen-bond donors (Lipinski definition) is 2. The van der Waals surface area contributed by atoms with Crippen LogP contribution in [0.4, 0.5) is 21.9 Å². The minimum absolute atomic E-state index is 0.414. The van der Waals surface area contributed by atoms with E-state index in [4.69, 9.17) is 26.8 Å². The van der Waals surface area contributed by atoms with Crippen LogP contribution in [0.5, 0.6) is 0 Å². The predicted molar refractivity (Wildman–Crippen MR) is 120 cm³/mol. The molecule has 0 aromatic heterocycles. The van der Waals surface area contributed by atoms with Gasteiger partial charge in [-0.1, -0.05) is 11.6 Å². The number of carbonyl (C=O) groups excluding carboxylic acids is 1. The Labute approximate surface area is 179 Å². The lowest BCUT2D eigenvalue weighted by molar-refractivity contribution is 0.0636. The van der Waals surface area contributed by atoms with E-state index in [1.54, 1.807) is 13.2 Å². The number of nitrogens with zero attached hydrogens (tertiary/aromatic N) is 2. The third kappa shape index (κ3) is 7.24. The molecule has 0 aliphatic carbocycles. The molecule has 1 aliphatic rings. The Morgan fingerprint density at radius 2 is 2.00 bits per heavy atom. The number of piperidine rings is 1. The number of hydrogen-bond acceptors (Lipinski definition) is 6. The number of nitrogens with two attached hydrogens (primary N) is 1. The normalized spacial score (nSPS) is 15.6. The van der Waals surface area contributed by atoms with E-state index in [9.17, 15) is 4.79 Å². The zero-order chi connectivity index (χ0) is 21.6. The average Bonchev–Trinajstić information content (AvgIpc) is 2.63. The molecule has 1 heterocycles. The molecule has 29 heavy (non-hydrogen) atoms. The van der Waals surface area contributed by atoms with Crippen LogP contribution >= 0.6 is 11.6 Å². The number of methoxy groups -OCH3 is 1. The van der Waals surface area contributed by atoms with Gasteiger partial charge in [0.2, 0.25) is 0 Å². The molecule has 0 spiro atoms. The number of amides is 1. The minimum Gasteiger partial charge on any atom is -0.444 e. The van der Waals surface area contributed by atoms with Crippen LogP contribution < -0.4 is 16.0 Å². The summed E-state index contributed by atoms with van der Waals surface area (Å²) < 4.78 is 10.5. The highest BCUT2D eigenvalue weighted by atomic mass is 35.5. The van der Waals surface area contributed by atoms with Crippen LogP contribution in [-0.2, 0) is 9.47 Å². The molecule has 2 rings (SSSR count). The Bertz CT molecular complexity index is 685. The molecule has 7 nitrogen and oxygen atoms in total. The quantitative estimate of drug-likeness (QED) is 0.502. The number of ether oxygens (including phenoxy) is 2. The minimum atomic E-state index is -0.578. The summed E-state index contributed by atoms with van der Waals surface area (Å²) in [5, 5.41) is 3.32. The molecular formula is C21H35ClN4O3. The number of anilines is 3. The lowest BCUT2D eigenvalue weighted by Gasteiger charge is -2.38. The van der Waals surface area contributed by atoms with Crippen molar-refractivity contribution in [1.82, 2.24) is 4.90 Å². The average molecular weight is 427 g/mol. The monoisotopic (exact) mass is 426 g/mol. The second-order valence-electron chi connectivity index (χ2n) is 8.56. The van der Waals surface area contributed by atoms with Crippen molar-refractivity contribution in [1.29, 1.82) is 0 Å². The summed E-state index contributed by atoms with van der Waals surface area (Å²) in [4.78, 5) is 16.8. The molecule has 0 atom stereocenters. The molecule has 3 N–H and O–H groups in total. The van der Waals surface area contributed by atoms with Gasteiger partial charge in [0, 0.05) is 39.4 Å². The summed E-state index contributed by atoms with van der Waals surface area (Å²) in [6.45, 7) is 9.07. The first kappa shape index (κ1) is 23.6. The van der Waals surface area contributed by atoms with Crippen LogP contribution in [0.25, 0.3) is 0 Å². The predicted octanol–water partition coefficient (Wildman–Crippen LogP) is 4.21. The van der Waals surface area contributed by atoms with Crippen molar-refractivity contribution < 1.29 is 14.3 Å². The largest absolute Gasteiger partial charge is 0.444 e. The fraction of sp³-hybridized carbons (Fsp3) is 0.667. The van der Waals surface area contributed by atoms with Crippen molar-refractivity contribution >= 4 is 34.8 Å². The third-order valence-corrected chi connectivity index (χ3v) is 5.35. The molecule has 1 aromatic carbocycles. The van der Waals surface area contributed by atoms with Gasteiger partial charge in [-0.2, -0.15) is 0 Å². The molecule has 1 saturated heterocycles. The topological polar surface area (TPSA) is 80.1 Å². The third-order valence-electron chi connectivity index (χ3n) is 5.04. The molecular weight excluding hydrogens is 392 g/mol. The standard InChI is InChI=1S/C21H35ClN4O3/c1-21(2,3)29-20(27)24-18-14-19(16(22)13-17(18)23)26-10-7-15(8-11-26)25(4)9-6-12-28-5/h13-15H,6-12,23H2,1-5H3,(H,24,27). The molecule has 1 amide bonds. The SMILES string of the molecule is COCCCN(C)C1CCN(c2cc(NC(=O)OC(C)(C)C)c(N)cc2Cl)CC1. The van der Waals surface area contributed by atoms with Crippen molar-refractivity contribution in [3.05, 3.63) is 17.2 Å². The van der Waals surface area contributed by atoms with E-state index < -0.39 is 11.7 Å². The summed E-state index contributed by atoms with van der Waals surface area (Å²) in [7, 11) is 3.91. The van der Waals surface area contributed by atoms with Gasteiger partial charge in [0.05, 0.1) is 22.1 Å². The maximum absolute atomic E-state index is 12.1. The van der Waals surface area contributed by atoms with Crippen molar-refractivity contribution in [2.75, 3.05) is 56.3 Å². The van der Waals surface area contributed by atoms with Gasteiger partial charge in [-0.25, -0.2) is 4.79 Å². The zero-order valence-electron chi connectivity index (χ0n) is 18.3. The van der Waals surface area contributed by atoms with E-state index in [2.05, 4.69) is 22.2 Å². The van der Waals surface area contributed by atoms with Gasteiger partial charge in [-0.15, -0.1) is 0 Å². The molecule has 0 bridgehead atoms. The van der Waals surface area contributed by atoms with E-state index in [0.29, 0.717) is 22.4 Å². The van der Waals surface area contributed by atoms with Crippen molar-refractivity contribution in [2.45, 2.75) is 51.7 Å². The number of halogens is 1. The van der Waals surface area contributed by atoms with E-state index in [0.717, 1.165) is 51.2 Å². The smallest absolute Gasteiger partial charge is 0.412 e. The highest BCUT2D eigenvalue weighted by Gasteiger charge is 2.25. The van der Waals surface area contributed by atoms with Gasteiger partial charge in [0.1, 0.15) is 5.60 Å². The van der Waals surface area contributed by atoms with Crippen LogP contribution in [0, 0.1) is 0 Å². The maximum atomic E-state index is 12.1. The Morgan fingerprint density at radius 1 is 1.34 bits per heavy atom. The molecule has 0 radical (unpaired) electrons. The number of benzene rings is 1.